The van der Waals surface area contributed by atoms with Crippen LogP contribution >= 0.6 is 0 Å². The van der Waals surface area contributed by atoms with Gasteiger partial charge in [0.1, 0.15) is 11.4 Å². The van der Waals surface area contributed by atoms with Gasteiger partial charge in [0.2, 0.25) is 5.88 Å². The molecule has 0 amide bonds. The Labute approximate surface area is 118 Å². The van der Waals surface area contributed by atoms with Crippen molar-refractivity contribution in [1.82, 2.24) is 19.9 Å². The summed E-state index contributed by atoms with van der Waals surface area (Å²) >= 11 is 0. The second-order valence-corrected chi connectivity index (χ2v) is 4.20. The zero-order valence-corrected chi connectivity index (χ0v) is 10.6. The topological polar surface area (TPSA) is 91.8 Å². The SMILES string of the molecule is O=c1[nH]c(-c2ncccn2)nc(O)c1-c1cccc(F)c1. The van der Waals surface area contributed by atoms with Gasteiger partial charge in [0.05, 0.1) is 0 Å². The van der Waals surface area contributed by atoms with E-state index in [9.17, 15) is 14.3 Å². The quantitative estimate of drug-likeness (QED) is 0.747. The Bertz CT molecular complexity index is 849. The maximum atomic E-state index is 13.2. The zero-order chi connectivity index (χ0) is 14.8. The molecule has 2 aromatic heterocycles. The molecule has 0 fully saturated rings. The van der Waals surface area contributed by atoms with Gasteiger partial charge >= 0.3 is 0 Å². The number of aromatic nitrogens is 4. The molecular formula is C14H9FN4O2. The normalized spacial score (nSPS) is 10.5. The molecule has 21 heavy (non-hydrogen) atoms. The van der Waals surface area contributed by atoms with Crippen molar-refractivity contribution in [1.29, 1.82) is 0 Å². The lowest BCUT2D eigenvalue weighted by atomic mass is 10.1. The van der Waals surface area contributed by atoms with Gasteiger partial charge in [0, 0.05) is 12.4 Å². The third-order valence-corrected chi connectivity index (χ3v) is 2.79. The molecule has 1 aromatic carbocycles. The first-order valence-corrected chi connectivity index (χ1v) is 6.02. The number of rotatable bonds is 2. The monoisotopic (exact) mass is 284 g/mol. The van der Waals surface area contributed by atoms with Gasteiger partial charge in [-0.05, 0) is 23.8 Å². The maximum absolute atomic E-state index is 13.2. The van der Waals surface area contributed by atoms with Crippen LogP contribution in [0.1, 0.15) is 0 Å². The Kier molecular flexibility index (Phi) is 3.15. The van der Waals surface area contributed by atoms with Crippen molar-refractivity contribution in [2.45, 2.75) is 0 Å². The van der Waals surface area contributed by atoms with Crippen molar-refractivity contribution in [3.8, 4) is 28.7 Å². The van der Waals surface area contributed by atoms with Crippen molar-refractivity contribution in [3.63, 3.8) is 0 Å². The molecule has 0 bridgehead atoms. The number of aromatic hydroxyl groups is 1. The van der Waals surface area contributed by atoms with Crippen LogP contribution < -0.4 is 5.56 Å². The summed E-state index contributed by atoms with van der Waals surface area (Å²) in [6.45, 7) is 0. The summed E-state index contributed by atoms with van der Waals surface area (Å²) in [5.74, 6) is -0.803. The van der Waals surface area contributed by atoms with Crippen LogP contribution in [0.3, 0.4) is 0 Å². The number of halogens is 1. The fourth-order valence-electron chi connectivity index (χ4n) is 1.89. The van der Waals surface area contributed by atoms with Crippen molar-refractivity contribution < 1.29 is 9.50 Å². The Morgan fingerprint density at radius 2 is 1.90 bits per heavy atom. The summed E-state index contributed by atoms with van der Waals surface area (Å²) < 4.78 is 13.2. The molecule has 0 unspecified atom stereocenters. The van der Waals surface area contributed by atoms with Crippen LogP contribution in [-0.4, -0.2) is 25.0 Å². The van der Waals surface area contributed by atoms with Crippen molar-refractivity contribution in [2.24, 2.45) is 0 Å². The minimum Gasteiger partial charge on any atom is -0.493 e. The Morgan fingerprint density at radius 1 is 1.14 bits per heavy atom. The van der Waals surface area contributed by atoms with Crippen molar-refractivity contribution in [3.05, 3.63) is 58.9 Å². The fraction of sp³-hybridized carbons (Fsp3) is 0. The van der Waals surface area contributed by atoms with E-state index in [1.165, 1.54) is 30.6 Å². The van der Waals surface area contributed by atoms with E-state index in [1.54, 1.807) is 6.07 Å². The number of hydrogen-bond donors (Lipinski definition) is 2. The van der Waals surface area contributed by atoms with Crippen LogP contribution in [-0.2, 0) is 0 Å². The third-order valence-electron chi connectivity index (χ3n) is 2.79. The van der Waals surface area contributed by atoms with Gasteiger partial charge in [-0.2, -0.15) is 4.98 Å². The standard InChI is InChI=1S/C14H9FN4O2/c15-9-4-1-3-8(7-9)10-13(20)18-12(19-14(10)21)11-16-5-2-6-17-11/h1-7H,(H2,18,19,20,21). The molecule has 0 radical (unpaired) electrons. The van der Waals surface area contributed by atoms with E-state index in [0.717, 1.165) is 6.07 Å². The average molecular weight is 284 g/mol. The number of hydrogen-bond acceptors (Lipinski definition) is 5. The Hall–Kier alpha value is -3.09. The minimum atomic E-state index is -0.601. The highest BCUT2D eigenvalue weighted by Gasteiger charge is 2.15. The fourth-order valence-corrected chi connectivity index (χ4v) is 1.89. The molecule has 0 aliphatic carbocycles. The van der Waals surface area contributed by atoms with E-state index in [-0.39, 0.29) is 22.8 Å². The maximum Gasteiger partial charge on any atom is 0.263 e. The molecule has 2 heterocycles. The first-order valence-electron chi connectivity index (χ1n) is 6.02. The molecule has 0 saturated heterocycles. The van der Waals surface area contributed by atoms with Crippen molar-refractivity contribution in [2.75, 3.05) is 0 Å². The number of benzene rings is 1. The Morgan fingerprint density at radius 3 is 2.57 bits per heavy atom. The lowest BCUT2D eigenvalue weighted by molar-refractivity contribution is 0.454. The number of aromatic amines is 1. The van der Waals surface area contributed by atoms with E-state index in [0.29, 0.717) is 0 Å². The highest BCUT2D eigenvalue weighted by Crippen LogP contribution is 2.25. The summed E-state index contributed by atoms with van der Waals surface area (Å²) in [7, 11) is 0. The molecule has 0 aliphatic heterocycles. The number of nitrogens with one attached hydrogen (secondary N) is 1. The van der Waals surface area contributed by atoms with E-state index < -0.39 is 17.3 Å². The van der Waals surface area contributed by atoms with Crippen LogP contribution in [0.25, 0.3) is 22.8 Å². The van der Waals surface area contributed by atoms with Gasteiger partial charge in [0.15, 0.2) is 11.6 Å². The molecule has 0 saturated carbocycles. The Balaban J connectivity index is 2.16. The van der Waals surface area contributed by atoms with Crippen LogP contribution in [0.4, 0.5) is 4.39 Å². The molecule has 2 N–H and O–H groups in total. The van der Waals surface area contributed by atoms with E-state index in [1.807, 2.05) is 0 Å². The number of H-pyrrole nitrogens is 1. The van der Waals surface area contributed by atoms with Gasteiger partial charge < -0.3 is 10.1 Å². The van der Waals surface area contributed by atoms with Gasteiger partial charge in [-0.15, -0.1) is 0 Å². The minimum absolute atomic E-state index is 0.0400. The van der Waals surface area contributed by atoms with E-state index in [4.69, 9.17) is 0 Å². The van der Waals surface area contributed by atoms with Gasteiger partial charge in [-0.25, -0.2) is 14.4 Å². The lowest BCUT2D eigenvalue weighted by Crippen LogP contribution is -2.13. The van der Waals surface area contributed by atoms with Crippen molar-refractivity contribution >= 4 is 0 Å². The van der Waals surface area contributed by atoms with Gasteiger partial charge in [-0.1, -0.05) is 12.1 Å². The predicted octanol–water partition coefficient (Wildman–Crippen LogP) is 1.74. The molecule has 0 aliphatic rings. The largest absolute Gasteiger partial charge is 0.493 e. The third kappa shape index (κ3) is 2.48. The smallest absolute Gasteiger partial charge is 0.263 e. The zero-order valence-electron chi connectivity index (χ0n) is 10.6. The van der Waals surface area contributed by atoms with Gasteiger partial charge in [-0.3, -0.25) is 4.79 Å². The summed E-state index contributed by atoms with van der Waals surface area (Å²) in [5, 5.41) is 9.97. The molecular weight excluding hydrogens is 275 g/mol. The van der Waals surface area contributed by atoms with Crippen LogP contribution in [0.2, 0.25) is 0 Å². The highest BCUT2D eigenvalue weighted by atomic mass is 19.1. The molecule has 0 spiro atoms. The molecule has 7 heteroatoms. The van der Waals surface area contributed by atoms with Crippen LogP contribution in [0.15, 0.2) is 47.5 Å². The molecule has 104 valence electrons. The second kappa shape index (κ2) is 5.12. The summed E-state index contributed by atoms with van der Waals surface area (Å²) in [6.07, 6.45) is 2.97. The molecule has 0 atom stereocenters. The molecule has 3 rings (SSSR count). The predicted molar refractivity (Wildman–Crippen MR) is 72.9 cm³/mol. The lowest BCUT2D eigenvalue weighted by Gasteiger charge is -2.05. The van der Waals surface area contributed by atoms with E-state index >= 15 is 0 Å². The molecule has 3 aromatic rings. The summed E-state index contributed by atoms with van der Waals surface area (Å²) in [5.41, 5.74) is -0.466. The van der Waals surface area contributed by atoms with E-state index in [2.05, 4.69) is 19.9 Å². The first-order chi connectivity index (χ1) is 10.1. The molecule has 6 nitrogen and oxygen atoms in total. The van der Waals surface area contributed by atoms with Gasteiger partial charge in [0.25, 0.3) is 5.56 Å². The van der Waals surface area contributed by atoms with Crippen LogP contribution in [0.5, 0.6) is 5.88 Å². The highest BCUT2D eigenvalue weighted by molar-refractivity contribution is 5.68. The summed E-state index contributed by atoms with van der Waals surface area (Å²) in [4.78, 5) is 26.3. The second-order valence-electron chi connectivity index (χ2n) is 4.20. The number of nitrogens with zero attached hydrogens (tertiary/aromatic N) is 3. The average Bonchev–Trinajstić information content (AvgIpc) is 2.47. The summed E-state index contributed by atoms with van der Waals surface area (Å²) in [6, 6.07) is 6.95. The first kappa shape index (κ1) is 12.9. The van der Waals surface area contributed by atoms with Crippen LogP contribution in [0, 0.1) is 5.82 Å².